The molecular formula is C20H26N2O5. The summed E-state index contributed by atoms with van der Waals surface area (Å²) in [6.45, 7) is 6.74. The molecule has 0 bridgehead atoms. The minimum atomic E-state index is -0.578. The molecule has 7 nitrogen and oxygen atoms in total. The second-order valence-corrected chi connectivity index (χ2v) is 6.37. The maximum absolute atomic E-state index is 12.9. The average molecular weight is 374 g/mol. The summed E-state index contributed by atoms with van der Waals surface area (Å²) in [5, 5.41) is 0. The zero-order valence-electron chi connectivity index (χ0n) is 16.2. The van der Waals surface area contributed by atoms with Crippen molar-refractivity contribution in [2.45, 2.75) is 46.2 Å². The van der Waals surface area contributed by atoms with Crippen molar-refractivity contribution in [1.29, 1.82) is 0 Å². The van der Waals surface area contributed by atoms with Gasteiger partial charge < -0.3 is 18.8 Å². The molecule has 1 amide bonds. The molecule has 0 aliphatic carbocycles. The van der Waals surface area contributed by atoms with E-state index in [9.17, 15) is 9.59 Å². The molecule has 1 aromatic carbocycles. The molecule has 0 atom stereocenters. The average Bonchev–Trinajstić information content (AvgIpc) is 3.14. The van der Waals surface area contributed by atoms with Crippen LogP contribution in [0, 0.1) is 0 Å². The van der Waals surface area contributed by atoms with Gasteiger partial charge in [0.05, 0.1) is 20.3 Å². The number of oxazole rings is 1. The van der Waals surface area contributed by atoms with Crippen molar-refractivity contribution in [2.24, 2.45) is 0 Å². The number of ether oxygens (including phenoxy) is 2. The van der Waals surface area contributed by atoms with Gasteiger partial charge >= 0.3 is 5.97 Å². The van der Waals surface area contributed by atoms with Crippen molar-refractivity contribution in [1.82, 2.24) is 9.88 Å². The Morgan fingerprint density at radius 3 is 2.52 bits per heavy atom. The van der Waals surface area contributed by atoms with Crippen molar-refractivity contribution < 1.29 is 23.5 Å². The number of amides is 1. The van der Waals surface area contributed by atoms with Gasteiger partial charge in [0.15, 0.2) is 5.69 Å². The van der Waals surface area contributed by atoms with Crippen LogP contribution in [0.2, 0.25) is 0 Å². The first kappa shape index (κ1) is 20.5. The molecule has 1 aromatic heterocycles. The van der Waals surface area contributed by atoms with Crippen LogP contribution >= 0.6 is 0 Å². The molecule has 0 unspecified atom stereocenters. The van der Waals surface area contributed by atoms with Gasteiger partial charge in [-0.05, 0) is 44.5 Å². The van der Waals surface area contributed by atoms with E-state index in [1.165, 1.54) is 13.4 Å². The molecule has 27 heavy (non-hydrogen) atoms. The fraction of sp³-hybridized carbons (Fsp3) is 0.450. The normalized spacial score (nSPS) is 10.7. The molecule has 0 saturated carbocycles. The summed E-state index contributed by atoms with van der Waals surface area (Å²) in [7, 11) is 1.27. The Bertz CT molecular complexity index is 752. The number of hydrogen-bond donors (Lipinski definition) is 0. The molecule has 2 aromatic rings. The molecule has 1 heterocycles. The number of nitrogens with zero attached hydrogens (tertiary/aromatic N) is 2. The standard InChI is InChI=1S/C20H26N2O5/c1-5-6-11-26-16-9-7-15(8-10-16)19(23)22(14(2)3)12-18-21-17(13-27-18)20(24)25-4/h7-10,13-14H,5-6,11-12H2,1-4H3. The van der Waals surface area contributed by atoms with Crippen LogP contribution < -0.4 is 4.74 Å². The Labute approximate surface area is 159 Å². The molecule has 146 valence electrons. The number of esters is 1. The second kappa shape index (κ2) is 9.75. The lowest BCUT2D eigenvalue weighted by molar-refractivity contribution is 0.0593. The second-order valence-electron chi connectivity index (χ2n) is 6.37. The van der Waals surface area contributed by atoms with Crippen LogP contribution in [0.15, 0.2) is 34.9 Å². The minimum absolute atomic E-state index is 0.0774. The molecule has 0 spiro atoms. The van der Waals surface area contributed by atoms with Gasteiger partial charge in [-0.2, -0.15) is 0 Å². The fourth-order valence-electron chi connectivity index (χ4n) is 2.41. The van der Waals surface area contributed by atoms with E-state index in [0.717, 1.165) is 18.6 Å². The molecule has 7 heteroatoms. The summed E-state index contributed by atoms with van der Waals surface area (Å²) in [4.78, 5) is 30.1. The number of hydrogen-bond acceptors (Lipinski definition) is 6. The van der Waals surface area contributed by atoms with Gasteiger partial charge in [-0.15, -0.1) is 0 Å². The van der Waals surface area contributed by atoms with Gasteiger partial charge in [0.2, 0.25) is 5.89 Å². The van der Waals surface area contributed by atoms with Crippen molar-refractivity contribution >= 4 is 11.9 Å². The van der Waals surface area contributed by atoms with Gasteiger partial charge in [-0.3, -0.25) is 4.79 Å². The Hall–Kier alpha value is -2.83. The maximum Gasteiger partial charge on any atom is 0.360 e. The summed E-state index contributed by atoms with van der Waals surface area (Å²) in [6, 6.07) is 7.00. The van der Waals surface area contributed by atoms with Crippen LogP contribution in [0.5, 0.6) is 5.75 Å². The number of carbonyl (C=O) groups is 2. The van der Waals surface area contributed by atoms with Crippen LogP contribution in [0.4, 0.5) is 0 Å². The number of rotatable bonds is 9. The lowest BCUT2D eigenvalue weighted by Crippen LogP contribution is -2.36. The third kappa shape index (κ3) is 5.57. The topological polar surface area (TPSA) is 81.9 Å². The predicted octanol–water partition coefficient (Wildman–Crippen LogP) is 3.69. The number of unbranched alkanes of at least 4 members (excludes halogenated alkanes) is 1. The zero-order chi connectivity index (χ0) is 19.8. The molecular weight excluding hydrogens is 348 g/mol. The summed E-state index contributed by atoms with van der Waals surface area (Å²) < 4.78 is 15.5. The van der Waals surface area contributed by atoms with Gasteiger partial charge in [0.25, 0.3) is 5.91 Å². The quantitative estimate of drug-likeness (QED) is 0.492. The van der Waals surface area contributed by atoms with Gasteiger partial charge in [-0.25, -0.2) is 9.78 Å². The minimum Gasteiger partial charge on any atom is -0.494 e. The van der Waals surface area contributed by atoms with Crippen molar-refractivity contribution in [3.8, 4) is 5.75 Å². The fourth-order valence-corrected chi connectivity index (χ4v) is 2.41. The van der Waals surface area contributed by atoms with Crippen LogP contribution in [0.25, 0.3) is 0 Å². The third-order valence-electron chi connectivity index (χ3n) is 4.00. The van der Waals surface area contributed by atoms with E-state index >= 15 is 0 Å². The Balaban J connectivity index is 2.08. The highest BCUT2D eigenvalue weighted by atomic mass is 16.5. The van der Waals surface area contributed by atoms with Gasteiger partial charge in [-0.1, -0.05) is 13.3 Å². The molecule has 2 rings (SSSR count). The summed E-state index contributed by atoms with van der Waals surface area (Å²) in [5.74, 6) is 0.289. The smallest absolute Gasteiger partial charge is 0.360 e. The Kier molecular flexibility index (Phi) is 7.40. The van der Waals surface area contributed by atoms with E-state index in [2.05, 4.69) is 16.6 Å². The lowest BCUT2D eigenvalue weighted by atomic mass is 10.1. The van der Waals surface area contributed by atoms with E-state index in [1.807, 2.05) is 13.8 Å². The van der Waals surface area contributed by atoms with E-state index in [0.29, 0.717) is 12.2 Å². The van der Waals surface area contributed by atoms with E-state index in [4.69, 9.17) is 9.15 Å². The highest BCUT2D eigenvalue weighted by molar-refractivity contribution is 5.94. The molecule has 0 aliphatic rings. The van der Waals surface area contributed by atoms with Crippen LogP contribution in [0.1, 0.15) is 60.4 Å². The molecule has 0 radical (unpaired) electrons. The SMILES string of the molecule is CCCCOc1ccc(C(=O)N(Cc2nc(C(=O)OC)co2)C(C)C)cc1. The van der Waals surface area contributed by atoms with E-state index in [-0.39, 0.29) is 30.1 Å². The van der Waals surface area contributed by atoms with Crippen LogP contribution in [0.3, 0.4) is 0 Å². The molecule has 0 fully saturated rings. The van der Waals surface area contributed by atoms with Crippen LogP contribution in [-0.2, 0) is 11.3 Å². The summed E-state index contributed by atoms with van der Waals surface area (Å²) in [5.41, 5.74) is 0.628. The molecule has 0 N–H and O–H groups in total. The van der Waals surface area contributed by atoms with E-state index < -0.39 is 5.97 Å². The van der Waals surface area contributed by atoms with Gasteiger partial charge in [0.1, 0.15) is 12.0 Å². The Morgan fingerprint density at radius 2 is 1.93 bits per heavy atom. The first-order valence-electron chi connectivity index (χ1n) is 9.02. The number of benzene rings is 1. The first-order valence-corrected chi connectivity index (χ1v) is 9.02. The summed E-state index contributed by atoms with van der Waals surface area (Å²) in [6.07, 6.45) is 3.29. The Morgan fingerprint density at radius 1 is 1.22 bits per heavy atom. The van der Waals surface area contributed by atoms with Crippen LogP contribution in [-0.4, -0.2) is 41.5 Å². The highest BCUT2D eigenvalue weighted by Crippen LogP contribution is 2.17. The highest BCUT2D eigenvalue weighted by Gasteiger charge is 2.22. The number of methoxy groups -OCH3 is 1. The maximum atomic E-state index is 12.9. The zero-order valence-corrected chi connectivity index (χ0v) is 16.2. The van der Waals surface area contributed by atoms with E-state index in [1.54, 1.807) is 29.2 Å². The van der Waals surface area contributed by atoms with Crippen molar-refractivity contribution in [3.05, 3.63) is 47.7 Å². The third-order valence-corrected chi connectivity index (χ3v) is 4.00. The molecule has 0 aliphatic heterocycles. The number of aromatic nitrogens is 1. The summed E-state index contributed by atoms with van der Waals surface area (Å²) >= 11 is 0. The lowest BCUT2D eigenvalue weighted by Gasteiger charge is -2.25. The van der Waals surface area contributed by atoms with Crippen molar-refractivity contribution in [3.63, 3.8) is 0 Å². The monoisotopic (exact) mass is 374 g/mol. The molecule has 0 saturated heterocycles. The largest absolute Gasteiger partial charge is 0.494 e. The van der Waals surface area contributed by atoms with Crippen molar-refractivity contribution in [2.75, 3.05) is 13.7 Å². The van der Waals surface area contributed by atoms with Gasteiger partial charge in [0, 0.05) is 11.6 Å². The number of carbonyl (C=O) groups excluding carboxylic acids is 2. The first-order chi connectivity index (χ1) is 13.0. The predicted molar refractivity (Wildman–Crippen MR) is 99.7 cm³/mol.